The lowest BCUT2D eigenvalue weighted by Gasteiger charge is -2.36. The first kappa shape index (κ1) is 12.4. The van der Waals surface area contributed by atoms with Crippen molar-refractivity contribution in [3.05, 3.63) is 29.8 Å². The summed E-state index contributed by atoms with van der Waals surface area (Å²) in [5, 5.41) is 10.4. The van der Waals surface area contributed by atoms with Crippen molar-refractivity contribution in [3.63, 3.8) is 0 Å². The van der Waals surface area contributed by atoms with E-state index in [0.717, 1.165) is 24.3 Å². The lowest BCUT2D eigenvalue weighted by atomic mass is 9.98. The van der Waals surface area contributed by atoms with E-state index in [1.165, 1.54) is 6.42 Å². The van der Waals surface area contributed by atoms with Crippen molar-refractivity contribution in [2.45, 2.75) is 31.9 Å². The van der Waals surface area contributed by atoms with Crippen LogP contribution >= 0.6 is 0 Å². The van der Waals surface area contributed by atoms with Crippen LogP contribution in [0.25, 0.3) is 0 Å². The van der Waals surface area contributed by atoms with Gasteiger partial charge in [-0.3, -0.25) is 4.90 Å². The molecule has 0 aliphatic carbocycles. The number of nitrogens with zero attached hydrogens (tertiary/aromatic N) is 1. The predicted molar refractivity (Wildman–Crippen MR) is 68.2 cm³/mol. The Morgan fingerprint density at radius 1 is 1.41 bits per heavy atom. The fourth-order valence-electron chi connectivity index (χ4n) is 2.27. The molecule has 0 saturated carbocycles. The minimum Gasteiger partial charge on any atom is -0.491 e. The Morgan fingerprint density at radius 3 is 2.94 bits per heavy atom. The molecule has 1 aromatic rings. The topological polar surface area (TPSA) is 32.7 Å². The number of ether oxygens (including phenoxy) is 1. The normalized spacial score (nSPS) is 23.3. The third kappa shape index (κ3) is 2.61. The number of hydrogen-bond acceptors (Lipinski definition) is 3. The number of likely N-dealkylation sites (N-methyl/N-ethyl adjacent to an activating group) is 1. The van der Waals surface area contributed by atoms with Gasteiger partial charge in [-0.25, -0.2) is 0 Å². The van der Waals surface area contributed by atoms with Crippen molar-refractivity contribution in [1.29, 1.82) is 0 Å². The van der Waals surface area contributed by atoms with Gasteiger partial charge in [0.05, 0.1) is 6.04 Å². The molecule has 0 spiro atoms. The molecule has 0 saturated heterocycles. The van der Waals surface area contributed by atoms with Crippen molar-refractivity contribution in [1.82, 2.24) is 4.90 Å². The van der Waals surface area contributed by atoms with Gasteiger partial charge in [-0.05, 0) is 26.1 Å². The zero-order valence-corrected chi connectivity index (χ0v) is 10.6. The van der Waals surface area contributed by atoms with Gasteiger partial charge in [0.15, 0.2) is 0 Å². The van der Waals surface area contributed by atoms with Crippen LogP contribution in [-0.4, -0.2) is 36.2 Å². The Morgan fingerprint density at radius 2 is 2.18 bits per heavy atom. The van der Waals surface area contributed by atoms with E-state index in [1.54, 1.807) is 0 Å². The van der Waals surface area contributed by atoms with Gasteiger partial charge in [0.2, 0.25) is 0 Å². The molecular weight excluding hydrogens is 214 g/mol. The van der Waals surface area contributed by atoms with Gasteiger partial charge in [-0.15, -0.1) is 0 Å². The molecule has 94 valence electrons. The van der Waals surface area contributed by atoms with E-state index >= 15 is 0 Å². The van der Waals surface area contributed by atoms with Crippen LogP contribution in [0.3, 0.4) is 0 Å². The molecule has 3 nitrogen and oxygen atoms in total. The number of unbranched alkanes of at least 4 members (excludes halogenated alkanes) is 1. The molecule has 1 aliphatic heterocycles. The minimum absolute atomic E-state index is 0.0662. The lowest BCUT2D eigenvalue weighted by molar-refractivity contribution is 0.0147. The summed E-state index contributed by atoms with van der Waals surface area (Å²) in [4.78, 5) is 2.20. The van der Waals surface area contributed by atoms with E-state index in [4.69, 9.17) is 4.74 Å². The van der Waals surface area contributed by atoms with Crippen LogP contribution in [0.4, 0.5) is 0 Å². The Bertz CT molecular complexity index is 367. The van der Waals surface area contributed by atoms with Crippen LogP contribution in [-0.2, 0) is 0 Å². The maximum Gasteiger partial charge on any atom is 0.125 e. The third-order valence-electron chi connectivity index (χ3n) is 3.44. The van der Waals surface area contributed by atoms with Gasteiger partial charge < -0.3 is 9.84 Å². The second-order valence-corrected chi connectivity index (χ2v) is 4.70. The predicted octanol–water partition coefficient (Wildman–Crippen LogP) is 2.21. The van der Waals surface area contributed by atoms with Crippen LogP contribution in [0, 0.1) is 0 Å². The highest BCUT2D eigenvalue weighted by atomic mass is 16.5. The molecule has 0 fully saturated rings. The Kier molecular flexibility index (Phi) is 4.02. The summed E-state index contributed by atoms with van der Waals surface area (Å²) in [5.41, 5.74) is 0.909. The monoisotopic (exact) mass is 235 g/mol. The quantitative estimate of drug-likeness (QED) is 0.868. The number of aliphatic hydroxyl groups is 1. The number of benzene rings is 1. The first-order valence-corrected chi connectivity index (χ1v) is 6.34. The number of fused-ring (bicyclic) bond motifs is 1. The second-order valence-electron chi connectivity index (χ2n) is 4.70. The third-order valence-corrected chi connectivity index (χ3v) is 3.44. The highest BCUT2D eigenvalue weighted by Gasteiger charge is 2.31. The smallest absolute Gasteiger partial charge is 0.125 e. The molecular formula is C14H21NO2. The van der Waals surface area contributed by atoms with Crippen LogP contribution in [0.1, 0.15) is 31.4 Å². The summed E-state index contributed by atoms with van der Waals surface area (Å²) in [6, 6.07) is 7.81. The number of rotatable bonds is 4. The average Bonchev–Trinajstić information content (AvgIpc) is 2.37. The zero-order valence-electron chi connectivity index (χ0n) is 10.6. The van der Waals surface area contributed by atoms with E-state index in [2.05, 4.69) is 18.9 Å². The maximum atomic E-state index is 10.4. The van der Waals surface area contributed by atoms with Crippen molar-refractivity contribution < 1.29 is 9.84 Å². The van der Waals surface area contributed by atoms with Gasteiger partial charge in [0.25, 0.3) is 0 Å². The SMILES string of the molecule is CCCCN(C)C1COc2ccccc2C1O. The molecule has 1 aromatic carbocycles. The van der Waals surface area contributed by atoms with Crippen molar-refractivity contribution in [3.8, 4) is 5.75 Å². The first-order valence-electron chi connectivity index (χ1n) is 6.34. The van der Waals surface area contributed by atoms with E-state index in [1.807, 2.05) is 24.3 Å². The van der Waals surface area contributed by atoms with Crippen molar-refractivity contribution in [2.75, 3.05) is 20.2 Å². The number of hydrogen-bond donors (Lipinski definition) is 1. The zero-order chi connectivity index (χ0) is 12.3. The standard InChI is InChI=1S/C14H21NO2/c1-3-4-9-15(2)12-10-17-13-8-6-5-7-11(13)14(12)16/h5-8,12,14,16H,3-4,9-10H2,1-2H3. The van der Waals surface area contributed by atoms with Gasteiger partial charge in [-0.2, -0.15) is 0 Å². The molecule has 1 N–H and O–H groups in total. The van der Waals surface area contributed by atoms with Crippen LogP contribution in [0.2, 0.25) is 0 Å². The fourth-order valence-corrected chi connectivity index (χ4v) is 2.27. The molecule has 0 aromatic heterocycles. The van der Waals surface area contributed by atoms with Gasteiger partial charge in [0, 0.05) is 5.56 Å². The molecule has 2 atom stereocenters. The minimum atomic E-state index is -0.443. The van der Waals surface area contributed by atoms with E-state index < -0.39 is 6.10 Å². The van der Waals surface area contributed by atoms with E-state index in [9.17, 15) is 5.11 Å². The van der Waals surface area contributed by atoms with Gasteiger partial charge in [-0.1, -0.05) is 31.5 Å². The molecule has 0 amide bonds. The number of aliphatic hydroxyl groups excluding tert-OH is 1. The average molecular weight is 235 g/mol. The Hall–Kier alpha value is -1.06. The summed E-state index contributed by atoms with van der Waals surface area (Å²) < 4.78 is 5.71. The largest absolute Gasteiger partial charge is 0.491 e. The van der Waals surface area contributed by atoms with Gasteiger partial charge in [0.1, 0.15) is 18.5 Å². The Labute approximate surface area is 103 Å². The molecule has 2 rings (SSSR count). The molecule has 0 radical (unpaired) electrons. The molecule has 3 heteroatoms. The molecule has 2 unspecified atom stereocenters. The second kappa shape index (κ2) is 5.52. The van der Waals surface area contributed by atoms with Crippen LogP contribution in [0.15, 0.2) is 24.3 Å². The molecule has 0 bridgehead atoms. The van der Waals surface area contributed by atoms with E-state index in [-0.39, 0.29) is 6.04 Å². The summed E-state index contributed by atoms with van der Waals surface area (Å²) in [7, 11) is 2.06. The molecule has 1 heterocycles. The van der Waals surface area contributed by atoms with Crippen molar-refractivity contribution >= 4 is 0 Å². The van der Waals surface area contributed by atoms with Crippen LogP contribution in [0.5, 0.6) is 5.75 Å². The summed E-state index contributed by atoms with van der Waals surface area (Å²) in [6.07, 6.45) is 1.88. The summed E-state index contributed by atoms with van der Waals surface area (Å²) in [5.74, 6) is 0.820. The highest BCUT2D eigenvalue weighted by molar-refractivity contribution is 5.37. The van der Waals surface area contributed by atoms with Gasteiger partial charge >= 0.3 is 0 Å². The molecule has 1 aliphatic rings. The summed E-state index contributed by atoms with van der Waals surface area (Å²) >= 11 is 0. The number of para-hydroxylation sites is 1. The first-order chi connectivity index (χ1) is 8.24. The van der Waals surface area contributed by atoms with Crippen molar-refractivity contribution in [2.24, 2.45) is 0 Å². The Balaban J connectivity index is 2.08. The molecule has 17 heavy (non-hydrogen) atoms. The summed E-state index contributed by atoms with van der Waals surface area (Å²) in [6.45, 7) is 3.75. The maximum absolute atomic E-state index is 10.4. The van der Waals surface area contributed by atoms with Crippen LogP contribution < -0.4 is 4.74 Å². The fraction of sp³-hybridized carbons (Fsp3) is 0.571. The highest BCUT2D eigenvalue weighted by Crippen LogP contribution is 2.33. The van der Waals surface area contributed by atoms with E-state index in [0.29, 0.717) is 6.61 Å². The lowest BCUT2D eigenvalue weighted by Crippen LogP contribution is -2.44.